The summed E-state index contributed by atoms with van der Waals surface area (Å²) in [6, 6.07) is 24.1. The fraction of sp³-hybridized carbons (Fsp3) is 0. The molecule has 3 aromatic carbocycles. The van der Waals surface area contributed by atoms with Gasteiger partial charge >= 0.3 is 0 Å². The SMILES string of the molecule is C=CC(=O)Nc1cccc(-c2cc(-c3ccc(C(=O)Nc4ccccc4)nc3)cc3cnc(N)nc23)c1. The van der Waals surface area contributed by atoms with Crippen LogP contribution in [0.4, 0.5) is 17.3 Å². The molecule has 8 nitrogen and oxygen atoms in total. The van der Waals surface area contributed by atoms with E-state index in [9.17, 15) is 9.59 Å². The molecule has 2 aromatic heterocycles. The molecule has 2 amide bonds. The molecule has 0 atom stereocenters. The van der Waals surface area contributed by atoms with E-state index >= 15 is 0 Å². The molecular weight excluding hydrogens is 464 g/mol. The second kappa shape index (κ2) is 10.1. The molecule has 0 spiro atoms. The molecule has 5 aromatic rings. The van der Waals surface area contributed by atoms with Crippen LogP contribution in [0.5, 0.6) is 0 Å². The number of benzene rings is 3. The standard InChI is InChI=1S/C29H22N6O2/c1-2-26(36)33-23-10-6-7-18(14-23)24-15-20(13-21-17-32-29(30)35-27(21)24)19-11-12-25(31-16-19)28(37)34-22-8-4-3-5-9-22/h2-17H,1H2,(H,33,36)(H,34,37)(H2,30,32,35). The van der Waals surface area contributed by atoms with Gasteiger partial charge in [-0.05, 0) is 59.7 Å². The average molecular weight is 487 g/mol. The monoisotopic (exact) mass is 486 g/mol. The number of carbonyl (C=O) groups excluding carboxylic acids is 2. The number of hydrogen-bond acceptors (Lipinski definition) is 6. The largest absolute Gasteiger partial charge is 0.368 e. The van der Waals surface area contributed by atoms with Crippen LogP contribution in [0, 0.1) is 0 Å². The molecule has 0 aliphatic carbocycles. The number of carbonyl (C=O) groups is 2. The highest BCUT2D eigenvalue weighted by molar-refractivity contribution is 6.03. The van der Waals surface area contributed by atoms with Crippen LogP contribution in [-0.4, -0.2) is 26.8 Å². The molecule has 0 aliphatic heterocycles. The van der Waals surface area contributed by atoms with E-state index in [-0.39, 0.29) is 17.8 Å². The number of nitrogen functional groups attached to an aromatic ring is 1. The number of para-hydroxylation sites is 1. The molecule has 5 rings (SSSR count). The molecular formula is C29H22N6O2. The van der Waals surface area contributed by atoms with Gasteiger partial charge in [-0.15, -0.1) is 0 Å². The first-order valence-corrected chi connectivity index (χ1v) is 11.4. The van der Waals surface area contributed by atoms with Gasteiger partial charge < -0.3 is 16.4 Å². The molecule has 0 unspecified atom stereocenters. The molecule has 0 radical (unpaired) electrons. The van der Waals surface area contributed by atoms with Crippen molar-refractivity contribution in [3.05, 3.63) is 110 Å². The topological polar surface area (TPSA) is 123 Å². The summed E-state index contributed by atoms with van der Waals surface area (Å²) in [6.07, 6.45) is 4.54. The molecule has 2 heterocycles. The first-order valence-electron chi connectivity index (χ1n) is 11.4. The summed E-state index contributed by atoms with van der Waals surface area (Å²) in [5, 5.41) is 6.40. The van der Waals surface area contributed by atoms with Crippen molar-refractivity contribution >= 4 is 40.0 Å². The maximum Gasteiger partial charge on any atom is 0.274 e. The first kappa shape index (κ1) is 23.4. The highest BCUT2D eigenvalue weighted by atomic mass is 16.2. The van der Waals surface area contributed by atoms with Gasteiger partial charge in [0.15, 0.2) is 0 Å². The smallest absolute Gasteiger partial charge is 0.274 e. The second-order valence-corrected chi connectivity index (χ2v) is 8.22. The summed E-state index contributed by atoms with van der Waals surface area (Å²) in [5.41, 5.74) is 11.5. The number of amides is 2. The van der Waals surface area contributed by atoms with Crippen LogP contribution in [0.1, 0.15) is 10.5 Å². The Kier molecular flexibility index (Phi) is 6.37. The van der Waals surface area contributed by atoms with E-state index in [0.717, 1.165) is 27.6 Å². The Labute approximate surface area is 212 Å². The predicted molar refractivity (Wildman–Crippen MR) is 146 cm³/mol. The van der Waals surface area contributed by atoms with Gasteiger partial charge in [-0.3, -0.25) is 14.6 Å². The molecule has 0 saturated heterocycles. The van der Waals surface area contributed by atoms with E-state index in [1.807, 2.05) is 66.7 Å². The number of nitrogens with two attached hydrogens (primary N) is 1. The lowest BCUT2D eigenvalue weighted by atomic mass is 9.96. The fourth-order valence-corrected chi connectivity index (χ4v) is 3.92. The second-order valence-electron chi connectivity index (χ2n) is 8.22. The highest BCUT2D eigenvalue weighted by Crippen LogP contribution is 2.34. The Bertz CT molecular complexity index is 1630. The van der Waals surface area contributed by atoms with E-state index in [2.05, 4.69) is 32.2 Å². The van der Waals surface area contributed by atoms with E-state index < -0.39 is 0 Å². The third kappa shape index (κ3) is 5.18. The molecule has 0 fully saturated rings. The average Bonchev–Trinajstić information content (AvgIpc) is 2.93. The van der Waals surface area contributed by atoms with E-state index in [1.54, 1.807) is 24.5 Å². The van der Waals surface area contributed by atoms with Crippen LogP contribution >= 0.6 is 0 Å². The summed E-state index contributed by atoms with van der Waals surface area (Å²) >= 11 is 0. The van der Waals surface area contributed by atoms with Crippen LogP contribution in [0.2, 0.25) is 0 Å². The number of anilines is 3. The molecule has 0 bridgehead atoms. The Morgan fingerprint density at radius 3 is 2.35 bits per heavy atom. The van der Waals surface area contributed by atoms with Gasteiger partial charge in [0.25, 0.3) is 5.91 Å². The number of fused-ring (bicyclic) bond motifs is 1. The molecule has 8 heteroatoms. The van der Waals surface area contributed by atoms with Gasteiger partial charge in [0.2, 0.25) is 11.9 Å². The van der Waals surface area contributed by atoms with Gasteiger partial charge in [0, 0.05) is 40.3 Å². The van der Waals surface area contributed by atoms with Crippen LogP contribution in [0.3, 0.4) is 0 Å². The molecule has 0 saturated carbocycles. The van der Waals surface area contributed by atoms with E-state index in [1.165, 1.54) is 6.08 Å². The van der Waals surface area contributed by atoms with Crippen molar-refractivity contribution in [2.24, 2.45) is 0 Å². The van der Waals surface area contributed by atoms with Crippen molar-refractivity contribution in [1.29, 1.82) is 0 Å². The lowest BCUT2D eigenvalue weighted by Gasteiger charge is -2.12. The van der Waals surface area contributed by atoms with Crippen molar-refractivity contribution in [1.82, 2.24) is 15.0 Å². The third-order valence-corrected chi connectivity index (χ3v) is 5.69. The Hall–Kier alpha value is -5.37. The Balaban J connectivity index is 1.52. The van der Waals surface area contributed by atoms with Gasteiger partial charge in [0.05, 0.1) is 5.52 Å². The lowest BCUT2D eigenvalue weighted by Crippen LogP contribution is -2.13. The quantitative estimate of drug-likeness (QED) is 0.279. The summed E-state index contributed by atoms with van der Waals surface area (Å²) in [4.78, 5) is 37.4. The third-order valence-electron chi connectivity index (χ3n) is 5.69. The molecule has 4 N–H and O–H groups in total. The number of pyridine rings is 1. The maximum absolute atomic E-state index is 12.6. The number of aromatic nitrogens is 3. The molecule has 0 aliphatic rings. The van der Waals surface area contributed by atoms with Gasteiger partial charge in [-0.2, -0.15) is 0 Å². The van der Waals surface area contributed by atoms with Gasteiger partial charge in [-0.1, -0.05) is 43.0 Å². The van der Waals surface area contributed by atoms with Gasteiger partial charge in [0.1, 0.15) is 5.69 Å². The minimum absolute atomic E-state index is 0.160. The minimum Gasteiger partial charge on any atom is -0.368 e. The summed E-state index contributed by atoms with van der Waals surface area (Å²) in [6.45, 7) is 3.50. The zero-order valence-electron chi connectivity index (χ0n) is 19.7. The first-order chi connectivity index (χ1) is 18.0. The zero-order valence-corrected chi connectivity index (χ0v) is 19.7. The van der Waals surface area contributed by atoms with Crippen molar-refractivity contribution in [2.45, 2.75) is 0 Å². The van der Waals surface area contributed by atoms with Gasteiger partial charge in [-0.25, -0.2) is 9.97 Å². The fourth-order valence-electron chi connectivity index (χ4n) is 3.92. The van der Waals surface area contributed by atoms with Crippen molar-refractivity contribution < 1.29 is 9.59 Å². The molecule has 37 heavy (non-hydrogen) atoms. The summed E-state index contributed by atoms with van der Waals surface area (Å²) < 4.78 is 0. The van der Waals surface area contributed by atoms with Crippen LogP contribution in [0.25, 0.3) is 33.2 Å². The van der Waals surface area contributed by atoms with Crippen LogP contribution in [0.15, 0.2) is 104 Å². The maximum atomic E-state index is 12.6. The summed E-state index contributed by atoms with van der Waals surface area (Å²) in [7, 11) is 0. The van der Waals surface area contributed by atoms with Crippen molar-refractivity contribution in [3.8, 4) is 22.3 Å². The van der Waals surface area contributed by atoms with E-state index in [0.29, 0.717) is 22.6 Å². The Morgan fingerprint density at radius 2 is 1.59 bits per heavy atom. The molecule has 180 valence electrons. The highest BCUT2D eigenvalue weighted by Gasteiger charge is 2.13. The number of nitrogens with one attached hydrogen (secondary N) is 2. The summed E-state index contributed by atoms with van der Waals surface area (Å²) in [5.74, 6) is -0.433. The normalized spacial score (nSPS) is 10.6. The zero-order chi connectivity index (χ0) is 25.8. The minimum atomic E-state index is -0.301. The lowest BCUT2D eigenvalue weighted by molar-refractivity contribution is -0.111. The van der Waals surface area contributed by atoms with Crippen LogP contribution < -0.4 is 16.4 Å². The number of hydrogen-bond donors (Lipinski definition) is 3. The number of rotatable bonds is 6. The number of nitrogens with zero attached hydrogens (tertiary/aromatic N) is 3. The Morgan fingerprint density at radius 1 is 0.784 bits per heavy atom. The van der Waals surface area contributed by atoms with Crippen molar-refractivity contribution in [2.75, 3.05) is 16.4 Å². The predicted octanol–water partition coefficient (Wildman–Crippen LogP) is 5.32. The van der Waals surface area contributed by atoms with Crippen molar-refractivity contribution in [3.63, 3.8) is 0 Å². The van der Waals surface area contributed by atoms with E-state index in [4.69, 9.17) is 5.73 Å². The van der Waals surface area contributed by atoms with Crippen LogP contribution in [-0.2, 0) is 4.79 Å².